The SMILES string of the molecule is CC1(C)CN(Cc2ccccc2)C/C(=C/c2cnc3ccccc3n2)C1=O. The lowest BCUT2D eigenvalue weighted by molar-refractivity contribution is -0.126. The number of fused-ring (bicyclic) bond motifs is 1. The molecule has 4 rings (SSSR count). The Morgan fingerprint density at radius 2 is 1.74 bits per heavy atom. The fourth-order valence-corrected chi connectivity index (χ4v) is 3.72. The number of Topliss-reactive ketones (excluding diaryl/α,β-unsaturated/α-hetero) is 1. The summed E-state index contributed by atoms with van der Waals surface area (Å²) in [5.41, 5.74) is 4.08. The van der Waals surface area contributed by atoms with Crippen molar-refractivity contribution in [3.63, 3.8) is 0 Å². The fraction of sp³-hybridized carbons (Fsp3) is 0.261. The van der Waals surface area contributed by atoms with Crippen molar-refractivity contribution in [1.29, 1.82) is 0 Å². The van der Waals surface area contributed by atoms with Crippen LogP contribution in [-0.2, 0) is 11.3 Å². The van der Waals surface area contributed by atoms with Crippen LogP contribution in [0.5, 0.6) is 0 Å². The Bertz CT molecular complexity index is 1010. The van der Waals surface area contributed by atoms with E-state index in [-0.39, 0.29) is 5.78 Å². The highest BCUT2D eigenvalue weighted by atomic mass is 16.1. The highest BCUT2D eigenvalue weighted by Crippen LogP contribution is 2.30. The average Bonchev–Trinajstić information content (AvgIpc) is 2.66. The number of carbonyl (C=O) groups excluding carboxylic acids is 1. The maximum atomic E-state index is 13.0. The van der Waals surface area contributed by atoms with Crippen LogP contribution in [0.2, 0.25) is 0 Å². The van der Waals surface area contributed by atoms with E-state index in [1.807, 2.05) is 50.3 Å². The largest absolute Gasteiger partial charge is 0.294 e. The summed E-state index contributed by atoms with van der Waals surface area (Å²) >= 11 is 0. The van der Waals surface area contributed by atoms with Crippen LogP contribution in [0.1, 0.15) is 25.1 Å². The smallest absolute Gasteiger partial charge is 0.167 e. The van der Waals surface area contributed by atoms with Crippen LogP contribution in [0.15, 0.2) is 66.4 Å². The monoisotopic (exact) mass is 357 g/mol. The van der Waals surface area contributed by atoms with E-state index in [1.54, 1.807) is 6.20 Å². The molecule has 1 aliphatic heterocycles. The van der Waals surface area contributed by atoms with Gasteiger partial charge in [-0.2, -0.15) is 0 Å². The normalized spacial score (nSPS) is 18.9. The lowest BCUT2D eigenvalue weighted by atomic mass is 9.79. The van der Waals surface area contributed by atoms with Gasteiger partial charge < -0.3 is 0 Å². The molecule has 0 amide bonds. The number of likely N-dealkylation sites (tertiary alicyclic amines) is 1. The van der Waals surface area contributed by atoms with Gasteiger partial charge in [0.15, 0.2) is 5.78 Å². The second-order valence-electron chi connectivity index (χ2n) is 7.80. The summed E-state index contributed by atoms with van der Waals surface area (Å²) < 4.78 is 0. The average molecular weight is 357 g/mol. The van der Waals surface area contributed by atoms with E-state index in [0.29, 0.717) is 6.54 Å². The van der Waals surface area contributed by atoms with E-state index < -0.39 is 5.41 Å². The molecule has 2 aromatic carbocycles. The molecule has 1 saturated heterocycles. The van der Waals surface area contributed by atoms with Crippen molar-refractivity contribution in [2.45, 2.75) is 20.4 Å². The molecule has 0 aliphatic carbocycles. The van der Waals surface area contributed by atoms with Crippen LogP contribution < -0.4 is 0 Å². The van der Waals surface area contributed by atoms with E-state index >= 15 is 0 Å². The zero-order valence-corrected chi connectivity index (χ0v) is 15.7. The molecular weight excluding hydrogens is 334 g/mol. The Balaban J connectivity index is 1.64. The Hall–Kier alpha value is -2.85. The van der Waals surface area contributed by atoms with Crippen molar-refractivity contribution in [2.75, 3.05) is 13.1 Å². The molecule has 0 saturated carbocycles. The van der Waals surface area contributed by atoms with Gasteiger partial charge in [-0.05, 0) is 23.8 Å². The Morgan fingerprint density at radius 1 is 1.04 bits per heavy atom. The number of nitrogens with zero attached hydrogens (tertiary/aromatic N) is 3. The van der Waals surface area contributed by atoms with Crippen LogP contribution in [0.25, 0.3) is 17.1 Å². The predicted octanol–water partition coefficient (Wildman–Crippen LogP) is 4.12. The molecule has 0 N–H and O–H groups in total. The molecule has 3 aromatic rings. The molecule has 136 valence electrons. The van der Waals surface area contributed by atoms with E-state index in [1.165, 1.54) is 5.56 Å². The van der Waals surface area contributed by atoms with Crippen molar-refractivity contribution in [3.05, 3.63) is 77.6 Å². The maximum Gasteiger partial charge on any atom is 0.167 e. The second-order valence-corrected chi connectivity index (χ2v) is 7.80. The van der Waals surface area contributed by atoms with Gasteiger partial charge in [-0.1, -0.05) is 56.3 Å². The van der Waals surface area contributed by atoms with Gasteiger partial charge in [0, 0.05) is 30.6 Å². The molecule has 0 spiro atoms. The van der Waals surface area contributed by atoms with Crippen molar-refractivity contribution in [1.82, 2.24) is 14.9 Å². The molecule has 4 nitrogen and oxygen atoms in total. The minimum Gasteiger partial charge on any atom is -0.294 e. The van der Waals surface area contributed by atoms with E-state index in [4.69, 9.17) is 0 Å². The van der Waals surface area contributed by atoms with Crippen LogP contribution in [0, 0.1) is 5.41 Å². The van der Waals surface area contributed by atoms with E-state index in [9.17, 15) is 4.79 Å². The van der Waals surface area contributed by atoms with Crippen molar-refractivity contribution < 1.29 is 4.79 Å². The number of benzene rings is 2. The van der Waals surface area contributed by atoms with E-state index in [2.05, 4.69) is 39.1 Å². The molecule has 27 heavy (non-hydrogen) atoms. The summed E-state index contributed by atoms with van der Waals surface area (Å²) in [6.45, 7) is 6.25. The molecule has 0 bridgehead atoms. The van der Waals surface area contributed by atoms with Crippen LogP contribution in [0.3, 0.4) is 0 Å². The Kier molecular flexibility index (Phi) is 4.58. The maximum absolute atomic E-state index is 13.0. The van der Waals surface area contributed by atoms with Gasteiger partial charge in [0.05, 0.1) is 22.9 Å². The minimum absolute atomic E-state index is 0.196. The van der Waals surface area contributed by atoms with Crippen molar-refractivity contribution >= 4 is 22.9 Å². The highest BCUT2D eigenvalue weighted by molar-refractivity contribution is 6.04. The molecule has 0 radical (unpaired) electrons. The lowest BCUT2D eigenvalue weighted by Gasteiger charge is -2.38. The molecule has 1 fully saturated rings. The third-order valence-corrected chi connectivity index (χ3v) is 4.96. The quantitative estimate of drug-likeness (QED) is 0.662. The lowest BCUT2D eigenvalue weighted by Crippen LogP contribution is -2.47. The van der Waals surface area contributed by atoms with Gasteiger partial charge in [0.25, 0.3) is 0 Å². The van der Waals surface area contributed by atoms with Gasteiger partial charge in [-0.25, -0.2) is 4.98 Å². The first-order valence-electron chi connectivity index (χ1n) is 9.25. The zero-order chi connectivity index (χ0) is 18.9. The molecule has 1 aliphatic rings. The predicted molar refractivity (Wildman–Crippen MR) is 108 cm³/mol. The van der Waals surface area contributed by atoms with E-state index in [0.717, 1.165) is 35.4 Å². The number of para-hydroxylation sites is 2. The topological polar surface area (TPSA) is 46.1 Å². The number of rotatable bonds is 3. The number of hydrogen-bond acceptors (Lipinski definition) is 4. The third-order valence-electron chi connectivity index (χ3n) is 4.96. The van der Waals surface area contributed by atoms with Gasteiger partial charge in [-0.15, -0.1) is 0 Å². The summed E-state index contributed by atoms with van der Waals surface area (Å²) in [7, 11) is 0. The number of aromatic nitrogens is 2. The van der Waals surface area contributed by atoms with Crippen LogP contribution in [0.4, 0.5) is 0 Å². The minimum atomic E-state index is -0.414. The zero-order valence-electron chi connectivity index (χ0n) is 15.7. The summed E-state index contributed by atoms with van der Waals surface area (Å²) in [6, 6.07) is 18.2. The van der Waals surface area contributed by atoms with Gasteiger partial charge in [0.1, 0.15) is 0 Å². The van der Waals surface area contributed by atoms with Crippen LogP contribution in [-0.4, -0.2) is 33.7 Å². The molecule has 1 aromatic heterocycles. The Labute approximate surface area is 159 Å². The molecule has 0 unspecified atom stereocenters. The van der Waals surface area contributed by atoms with Gasteiger partial charge >= 0.3 is 0 Å². The summed E-state index contributed by atoms with van der Waals surface area (Å²) in [4.78, 5) is 24.4. The first kappa shape index (κ1) is 17.6. The molecule has 2 heterocycles. The summed E-state index contributed by atoms with van der Waals surface area (Å²) in [6.07, 6.45) is 3.65. The number of carbonyl (C=O) groups is 1. The van der Waals surface area contributed by atoms with Crippen molar-refractivity contribution in [2.24, 2.45) is 5.41 Å². The molecule has 0 atom stereocenters. The van der Waals surface area contributed by atoms with Crippen molar-refractivity contribution in [3.8, 4) is 0 Å². The third kappa shape index (κ3) is 3.81. The highest BCUT2D eigenvalue weighted by Gasteiger charge is 2.37. The first-order valence-corrected chi connectivity index (χ1v) is 9.25. The standard InChI is InChI=1S/C23H23N3O/c1-23(2)16-26(14-17-8-4-3-5-9-17)15-18(22(23)27)12-19-13-24-20-10-6-7-11-21(20)25-19/h3-13H,14-16H2,1-2H3/b18-12-. The van der Waals surface area contributed by atoms with Gasteiger partial charge in [0.2, 0.25) is 0 Å². The summed E-state index contributed by atoms with van der Waals surface area (Å²) in [5.74, 6) is 0.196. The molecule has 4 heteroatoms. The van der Waals surface area contributed by atoms with Gasteiger partial charge in [-0.3, -0.25) is 14.7 Å². The number of hydrogen-bond donors (Lipinski definition) is 0. The van der Waals surface area contributed by atoms with Crippen LogP contribution >= 0.6 is 0 Å². The number of piperidine rings is 1. The fourth-order valence-electron chi connectivity index (χ4n) is 3.72. The number of ketones is 1. The second kappa shape index (κ2) is 7.05. The molecular formula is C23H23N3O. The summed E-state index contributed by atoms with van der Waals surface area (Å²) in [5, 5.41) is 0. The Morgan fingerprint density at radius 3 is 2.52 bits per heavy atom. The first-order chi connectivity index (χ1) is 13.0.